The molecule has 0 saturated heterocycles. The number of ether oxygens (including phenoxy) is 3. The number of allylic oxidation sites excluding steroid dienone is 10. The fourth-order valence-corrected chi connectivity index (χ4v) is 10.0. The second-order valence-electron chi connectivity index (χ2n) is 23.1. The number of unbranched alkanes of at least 4 members (excludes halogenated alkanes) is 42. The second-order valence-corrected chi connectivity index (χ2v) is 23.1. The molecule has 6 heteroatoms. The maximum atomic E-state index is 12.9. The lowest BCUT2D eigenvalue weighted by atomic mass is 10.0. The van der Waals surface area contributed by atoms with Crippen molar-refractivity contribution in [1.82, 2.24) is 0 Å². The average Bonchev–Trinajstić information content (AvgIpc) is 3.44. The maximum absolute atomic E-state index is 12.9. The zero-order chi connectivity index (χ0) is 56.4. The van der Waals surface area contributed by atoms with Gasteiger partial charge in [-0.15, -0.1) is 0 Å². The lowest BCUT2D eigenvalue weighted by Crippen LogP contribution is -2.30. The Morgan fingerprint density at radius 1 is 0.256 bits per heavy atom. The van der Waals surface area contributed by atoms with Crippen LogP contribution in [0.5, 0.6) is 0 Å². The van der Waals surface area contributed by atoms with Crippen molar-refractivity contribution < 1.29 is 28.6 Å². The van der Waals surface area contributed by atoms with E-state index in [0.717, 1.165) is 83.5 Å². The molecule has 0 heterocycles. The summed E-state index contributed by atoms with van der Waals surface area (Å²) in [5.74, 6) is -0.871. The van der Waals surface area contributed by atoms with Crippen molar-refractivity contribution in [3.05, 3.63) is 60.8 Å². The molecule has 0 saturated carbocycles. The first-order valence-corrected chi connectivity index (χ1v) is 34.3. The van der Waals surface area contributed by atoms with Gasteiger partial charge in [0, 0.05) is 19.3 Å². The maximum Gasteiger partial charge on any atom is 0.306 e. The van der Waals surface area contributed by atoms with Crippen molar-refractivity contribution >= 4 is 17.9 Å². The Hall–Kier alpha value is -2.89. The fraction of sp³-hybridized carbons (Fsp3) is 0.819. The molecule has 1 unspecified atom stereocenters. The third-order valence-electron chi connectivity index (χ3n) is 15.2. The molecule has 454 valence electrons. The van der Waals surface area contributed by atoms with Crippen LogP contribution in [0, 0.1) is 0 Å². The van der Waals surface area contributed by atoms with Crippen LogP contribution < -0.4 is 0 Å². The molecule has 0 bridgehead atoms. The topological polar surface area (TPSA) is 78.9 Å². The first kappa shape index (κ1) is 75.1. The molecule has 1 atom stereocenters. The molecule has 0 spiro atoms. The summed E-state index contributed by atoms with van der Waals surface area (Å²) in [5.41, 5.74) is 0. The molecule has 78 heavy (non-hydrogen) atoms. The van der Waals surface area contributed by atoms with Gasteiger partial charge in [0.1, 0.15) is 13.2 Å². The zero-order valence-corrected chi connectivity index (χ0v) is 52.2. The Morgan fingerprint density at radius 3 is 0.782 bits per heavy atom. The summed E-state index contributed by atoms with van der Waals surface area (Å²) in [6, 6.07) is 0. The Balaban J connectivity index is 4.19. The van der Waals surface area contributed by atoms with Gasteiger partial charge in [0.05, 0.1) is 0 Å². The van der Waals surface area contributed by atoms with Crippen LogP contribution >= 0.6 is 0 Å². The van der Waals surface area contributed by atoms with Gasteiger partial charge in [-0.2, -0.15) is 0 Å². The molecule has 0 aliphatic rings. The number of rotatable bonds is 63. The summed E-state index contributed by atoms with van der Waals surface area (Å²) in [7, 11) is 0. The summed E-state index contributed by atoms with van der Waals surface area (Å²) >= 11 is 0. The molecule has 0 amide bonds. The molecular weight excluding hydrogens is 961 g/mol. The predicted octanol–water partition coefficient (Wildman–Crippen LogP) is 23.5. The number of esters is 3. The highest BCUT2D eigenvalue weighted by atomic mass is 16.6. The van der Waals surface area contributed by atoms with Crippen LogP contribution in [0.1, 0.15) is 361 Å². The van der Waals surface area contributed by atoms with E-state index in [1.165, 1.54) is 238 Å². The van der Waals surface area contributed by atoms with Crippen LogP contribution in [0.15, 0.2) is 60.8 Å². The third kappa shape index (κ3) is 63.9. The molecule has 0 aliphatic carbocycles. The SMILES string of the molecule is CCC/C=C\CCCCCCCC(=O)OCC(COC(=O)CCCCCCCCCCCCCC/C=C\C/C=C\C/C=C\CCCCCCC)OC(=O)CCCCCCCCCCCCC/C=C\CCCCCCCCCC. The largest absolute Gasteiger partial charge is 0.462 e. The zero-order valence-electron chi connectivity index (χ0n) is 52.2. The fourth-order valence-electron chi connectivity index (χ4n) is 10.0. The van der Waals surface area contributed by atoms with E-state index >= 15 is 0 Å². The molecule has 0 rings (SSSR count). The van der Waals surface area contributed by atoms with E-state index in [0.29, 0.717) is 19.3 Å². The first-order valence-electron chi connectivity index (χ1n) is 34.3. The summed E-state index contributed by atoms with van der Waals surface area (Å²) < 4.78 is 16.9. The Morgan fingerprint density at radius 2 is 0.487 bits per heavy atom. The van der Waals surface area contributed by atoms with Gasteiger partial charge in [0.25, 0.3) is 0 Å². The van der Waals surface area contributed by atoms with E-state index in [4.69, 9.17) is 14.2 Å². The average molecular weight is 1090 g/mol. The van der Waals surface area contributed by atoms with Gasteiger partial charge in [0.2, 0.25) is 0 Å². The summed E-state index contributed by atoms with van der Waals surface area (Å²) in [4.78, 5) is 38.3. The second kappa shape index (κ2) is 66.6. The minimum atomic E-state index is -0.778. The van der Waals surface area contributed by atoms with Crippen LogP contribution in [0.2, 0.25) is 0 Å². The Bertz CT molecular complexity index is 1390. The smallest absolute Gasteiger partial charge is 0.306 e. The van der Waals surface area contributed by atoms with Crippen molar-refractivity contribution in [3.63, 3.8) is 0 Å². The molecule has 0 aromatic heterocycles. The molecular formula is C72H130O6. The number of hydrogen-bond acceptors (Lipinski definition) is 6. The first-order chi connectivity index (χ1) is 38.5. The monoisotopic (exact) mass is 1090 g/mol. The summed E-state index contributed by atoms with van der Waals surface area (Å²) in [5, 5.41) is 0. The lowest BCUT2D eigenvalue weighted by molar-refractivity contribution is -0.167. The minimum Gasteiger partial charge on any atom is -0.462 e. The van der Waals surface area contributed by atoms with Crippen LogP contribution in [0.4, 0.5) is 0 Å². The van der Waals surface area contributed by atoms with Crippen molar-refractivity contribution in [3.8, 4) is 0 Å². The van der Waals surface area contributed by atoms with Gasteiger partial charge >= 0.3 is 17.9 Å². The van der Waals surface area contributed by atoms with E-state index in [9.17, 15) is 14.4 Å². The predicted molar refractivity (Wildman–Crippen MR) is 339 cm³/mol. The minimum absolute atomic E-state index is 0.0757. The van der Waals surface area contributed by atoms with E-state index in [-0.39, 0.29) is 31.1 Å². The molecule has 0 radical (unpaired) electrons. The van der Waals surface area contributed by atoms with Gasteiger partial charge in [-0.25, -0.2) is 0 Å². The van der Waals surface area contributed by atoms with Crippen LogP contribution in [0.25, 0.3) is 0 Å². The van der Waals surface area contributed by atoms with E-state index < -0.39 is 6.10 Å². The van der Waals surface area contributed by atoms with Crippen molar-refractivity contribution in [2.45, 2.75) is 367 Å². The summed E-state index contributed by atoms with van der Waals surface area (Å²) in [6.45, 7) is 6.61. The van der Waals surface area contributed by atoms with E-state index in [1.807, 2.05) is 0 Å². The van der Waals surface area contributed by atoms with Gasteiger partial charge in [-0.3, -0.25) is 14.4 Å². The summed E-state index contributed by atoms with van der Waals surface area (Å²) in [6.07, 6.45) is 85.4. The quantitative estimate of drug-likeness (QED) is 0.0261. The van der Waals surface area contributed by atoms with Crippen LogP contribution in [-0.2, 0) is 28.6 Å². The Kier molecular flexibility index (Phi) is 64.2. The molecule has 0 fully saturated rings. The van der Waals surface area contributed by atoms with Crippen molar-refractivity contribution in [2.75, 3.05) is 13.2 Å². The highest BCUT2D eigenvalue weighted by molar-refractivity contribution is 5.71. The van der Waals surface area contributed by atoms with Crippen molar-refractivity contribution in [2.24, 2.45) is 0 Å². The normalized spacial score (nSPS) is 12.4. The molecule has 6 nitrogen and oxygen atoms in total. The van der Waals surface area contributed by atoms with Gasteiger partial charge in [-0.05, 0) is 103 Å². The molecule has 0 N–H and O–H groups in total. The standard InChI is InChI=1S/C72H130O6/c1-4-7-10-13-16-19-22-24-26-28-30-32-34-35-36-37-39-40-42-44-46-48-50-53-56-59-62-65-71(74)77-68-69(67-76-70(73)64-61-58-55-52-21-18-15-12-9-6-3)78-72(75)66-63-60-57-54-51-49-47-45-43-41-38-33-31-29-27-25-23-20-17-14-11-8-5-2/h12,15,22,24,28-31,34-35,69H,4-11,13-14,16-21,23,25-27,32-33,36-68H2,1-3H3/b15-12-,24-22-,30-28-,31-29-,35-34-. The van der Waals surface area contributed by atoms with Gasteiger partial charge in [-0.1, -0.05) is 300 Å². The Labute approximate surface area is 485 Å². The van der Waals surface area contributed by atoms with E-state index in [1.54, 1.807) is 0 Å². The number of carbonyl (C=O) groups is 3. The lowest BCUT2D eigenvalue weighted by Gasteiger charge is -2.18. The number of hydrogen-bond donors (Lipinski definition) is 0. The van der Waals surface area contributed by atoms with Crippen LogP contribution in [0.3, 0.4) is 0 Å². The van der Waals surface area contributed by atoms with Gasteiger partial charge in [0.15, 0.2) is 6.10 Å². The number of carbonyl (C=O) groups excluding carboxylic acids is 3. The van der Waals surface area contributed by atoms with Crippen LogP contribution in [-0.4, -0.2) is 37.2 Å². The van der Waals surface area contributed by atoms with E-state index in [2.05, 4.69) is 81.5 Å². The van der Waals surface area contributed by atoms with Crippen molar-refractivity contribution in [1.29, 1.82) is 0 Å². The highest BCUT2D eigenvalue weighted by Crippen LogP contribution is 2.17. The van der Waals surface area contributed by atoms with Gasteiger partial charge < -0.3 is 14.2 Å². The molecule has 0 aliphatic heterocycles. The highest BCUT2D eigenvalue weighted by Gasteiger charge is 2.19. The molecule has 0 aromatic carbocycles. The third-order valence-corrected chi connectivity index (χ3v) is 15.2. The molecule has 0 aromatic rings.